The van der Waals surface area contributed by atoms with Crippen molar-refractivity contribution in [3.63, 3.8) is 0 Å². The van der Waals surface area contributed by atoms with Crippen molar-refractivity contribution in [3.8, 4) is 5.75 Å². The number of thioether (sulfide) groups is 1. The zero-order valence-electron chi connectivity index (χ0n) is 10.3. The molecule has 0 spiro atoms. The summed E-state index contributed by atoms with van der Waals surface area (Å²) in [5, 5.41) is 12.9. The van der Waals surface area contributed by atoms with Crippen LogP contribution in [0.5, 0.6) is 5.75 Å². The number of aromatic nitrogens is 1. The van der Waals surface area contributed by atoms with E-state index in [2.05, 4.69) is 4.98 Å². The van der Waals surface area contributed by atoms with Crippen LogP contribution in [0.3, 0.4) is 0 Å². The van der Waals surface area contributed by atoms with Gasteiger partial charge in [0.2, 0.25) is 0 Å². The van der Waals surface area contributed by atoms with E-state index in [-0.39, 0.29) is 12.5 Å². The van der Waals surface area contributed by atoms with Crippen LogP contribution in [-0.2, 0) is 17.1 Å². The van der Waals surface area contributed by atoms with Gasteiger partial charge in [0, 0.05) is 40.6 Å². The zero-order valence-corrected chi connectivity index (χ0v) is 11.9. The lowest BCUT2D eigenvalue weighted by atomic mass is 10.1. The molecule has 1 aliphatic heterocycles. The summed E-state index contributed by atoms with van der Waals surface area (Å²) in [6, 6.07) is 3.07. The molecule has 3 rings (SSSR count). The number of nitro benzene ring substituents is 1. The van der Waals surface area contributed by atoms with Crippen molar-refractivity contribution < 1.29 is 14.4 Å². The third-order valence-electron chi connectivity index (χ3n) is 2.74. The summed E-state index contributed by atoms with van der Waals surface area (Å²) in [6.07, 6.45) is 1.74. The summed E-state index contributed by atoms with van der Waals surface area (Å²) >= 11 is 3.08. The van der Waals surface area contributed by atoms with Crippen molar-refractivity contribution in [2.45, 2.75) is 16.7 Å². The quantitative estimate of drug-likeness (QED) is 0.490. The first-order valence-corrected chi connectivity index (χ1v) is 7.63. The van der Waals surface area contributed by atoms with E-state index in [9.17, 15) is 10.1 Å². The van der Waals surface area contributed by atoms with E-state index in [4.69, 9.17) is 9.47 Å². The first-order valence-electron chi connectivity index (χ1n) is 5.77. The fourth-order valence-electron chi connectivity index (χ4n) is 1.91. The van der Waals surface area contributed by atoms with Crippen LogP contribution < -0.4 is 4.74 Å². The SMILES string of the molecule is O=[N+]([O-])c1cc2c(c(CSc3nccs3)c1)OCOC2. The second kappa shape index (κ2) is 5.78. The standard InChI is InChI=1S/C12H10N2O4S2/c15-14(16)10-3-8-5-17-7-18-11(8)9(4-10)6-20-12-13-1-2-19-12/h1-4H,5-7H2. The number of thiazole rings is 1. The maximum atomic E-state index is 11.0. The van der Waals surface area contributed by atoms with Crippen molar-refractivity contribution in [1.82, 2.24) is 4.98 Å². The number of hydrogen-bond acceptors (Lipinski definition) is 7. The highest BCUT2D eigenvalue weighted by Gasteiger charge is 2.21. The first-order chi connectivity index (χ1) is 9.74. The molecule has 20 heavy (non-hydrogen) atoms. The molecule has 0 bridgehead atoms. The predicted molar refractivity (Wildman–Crippen MR) is 75.1 cm³/mol. The van der Waals surface area contributed by atoms with Crippen LogP contribution >= 0.6 is 23.1 Å². The lowest BCUT2D eigenvalue weighted by Crippen LogP contribution is -2.13. The number of nitrogens with zero attached hydrogens (tertiary/aromatic N) is 2. The third kappa shape index (κ3) is 2.77. The predicted octanol–water partition coefficient (Wildman–Crippen LogP) is 3.21. The van der Waals surface area contributed by atoms with Gasteiger partial charge in [0.15, 0.2) is 6.79 Å². The molecule has 0 unspecified atom stereocenters. The Morgan fingerprint density at radius 3 is 3.15 bits per heavy atom. The maximum Gasteiger partial charge on any atom is 0.270 e. The van der Waals surface area contributed by atoms with E-state index < -0.39 is 4.92 Å². The average molecular weight is 310 g/mol. The fraction of sp³-hybridized carbons (Fsp3) is 0.250. The highest BCUT2D eigenvalue weighted by atomic mass is 32.2. The minimum absolute atomic E-state index is 0.0626. The van der Waals surface area contributed by atoms with E-state index in [1.54, 1.807) is 23.6 Å². The van der Waals surface area contributed by atoms with Crippen LogP contribution in [0.2, 0.25) is 0 Å². The van der Waals surface area contributed by atoms with Gasteiger partial charge in [-0.2, -0.15) is 0 Å². The lowest BCUT2D eigenvalue weighted by Gasteiger charge is -2.20. The summed E-state index contributed by atoms with van der Waals surface area (Å²) in [6.45, 7) is 0.520. The number of ether oxygens (including phenoxy) is 2. The van der Waals surface area contributed by atoms with Gasteiger partial charge in [-0.15, -0.1) is 11.3 Å². The van der Waals surface area contributed by atoms with Crippen LogP contribution in [0.1, 0.15) is 11.1 Å². The number of nitro groups is 1. The highest BCUT2D eigenvalue weighted by Crippen LogP contribution is 2.36. The van der Waals surface area contributed by atoms with E-state index in [1.807, 2.05) is 5.38 Å². The molecule has 104 valence electrons. The number of rotatable bonds is 4. The Hall–Kier alpha value is -1.64. The van der Waals surface area contributed by atoms with Gasteiger partial charge in [0.05, 0.1) is 11.5 Å². The molecular formula is C12H10N2O4S2. The average Bonchev–Trinajstić information content (AvgIpc) is 2.97. The van der Waals surface area contributed by atoms with Crippen LogP contribution in [0.4, 0.5) is 5.69 Å². The number of hydrogen-bond donors (Lipinski definition) is 0. The number of non-ortho nitro benzene ring substituents is 1. The van der Waals surface area contributed by atoms with Crippen molar-refractivity contribution in [2.24, 2.45) is 0 Å². The molecule has 1 aromatic carbocycles. The van der Waals surface area contributed by atoms with Crippen molar-refractivity contribution in [2.75, 3.05) is 6.79 Å². The van der Waals surface area contributed by atoms with Gasteiger partial charge in [-0.1, -0.05) is 11.8 Å². The molecular weight excluding hydrogens is 300 g/mol. The summed E-state index contributed by atoms with van der Waals surface area (Å²) in [5.74, 6) is 1.28. The number of fused-ring (bicyclic) bond motifs is 1. The van der Waals surface area contributed by atoms with Gasteiger partial charge in [0.1, 0.15) is 10.1 Å². The maximum absolute atomic E-state index is 11.0. The molecule has 0 amide bonds. The molecule has 1 aliphatic rings. The van der Waals surface area contributed by atoms with Crippen LogP contribution in [-0.4, -0.2) is 16.7 Å². The Morgan fingerprint density at radius 2 is 2.40 bits per heavy atom. The molecule has 8 heteroatoms. The van der Waals surface area contributed by atoms with Crippen molar-refractivity contribution >= 4 is 28.8 Å². The molecule has 0 N–H and O–H groups in total. The molecule has 2 heterocycles. The Kier molecular flexibility index (Phi) is 3.86. The first kappa shape index (κ1) is 13.3. The minimum Gasteiger partial charge on any atom is -0.467 e. The second-order valence-electron chi connectivity index (χ2n) is 4.05. The number of benzene rings is 1. The summed E-state index contributed by atoms with van der Waals surface area (Å²) in [4.78, 5) is 14.8. The smallest absolute Gasteiger partial charge is 0.270 e. The monoisotopic (exact) mass is 310 g/mol. The minimum atomic E-state index is -0.396. The van der Waals surface area contributed by atoms with Crippen molar-refractivity contribution in [3.05, 3.63) is 45.0 Å². The largest absolute Gasteiger partial charge is 0.467 e. The van der Waals surface area contributed by atoms with Crippen LogP contribution in [0.15, 0.2) is 28.0 Å². The van der Waals surface area contributed by atoms with Gasteiger partial charge in [0.25, 0.3) is 5.69 Å². The van der Waals surface area contributed by atoms with Gasteiger partial charge < -0.3 is 9.47 Å². The second-order valence-corrected chi connectivity index (χ2v) is 6.16. The van der Waals surface area contributed by atoms with Gasteiger partial charge in [-0.3, -0.25) is 10.1 Å². The Balaban J connectivity index is 1.90. The molecule has 1 aromatic heterocycles. The normalized spacial score (nSPS) is 13.6. The van der Waals surface area contributed by atoms with Crippen molar-refractivity contribution in [1.29, 1.82) is 0 Å². The summed E-state index contributed by atoms with van der Waals surface area (Å²) < 4.78 is 11.6. The Bertz CT molecular complexity index is 631. The van der Waals surface area contributed by atoms with E-state index in [1.165, 1.54) is 17.8 Å². The molecule has 0 atom stereocenters. The lowest BCUT2D eigenvalue weighted by molar-refractivity contribution is -0.385. The van der Waals surface area contributed by atoms with E-state index in [0.717, 1.165) is 15.5 Å². The molecule has 0 aliphatic carbocycles. The molecule has 0 saturated carbocycles. The molecule has 0 saturated heterocycles. The molecule has 6 nitrogen and oxygen atoms in total. The zero-order chi connectivity index (χ0) is 13.9. The molecule has 2 aromatic rings. The van der Waals surface area contributed by atoms with Gasteiger partial charge >= 0.3 is 0 Å². The summed E-state index contributed by atoms with van der Waals surface area (Å²) in [5.41, 5.74) is 1.59. The Labute approximate surface area is 122 Å². The van der Waals surface area contributed by atoms with E-state index >= 15 is 0 Å². The van der Waals surface area contributed by atoms with Crippen LogP contribution in [0, 0.1) is 10.1 Å². The Morgan fingerprint density at radius 1 is 1.50 bits per heavy atom. The third-order valence-corrected chi connectivity index (χ3v) is 4.76. The topological polar surface area (TPSA) is 74.5 Å². The van der Waals surface area contributed by atoms with Gasteiger partial charge in [-0.05, 0) is 0 Å². The fourth-order valence-corrected chi connectivity index (χ4v) is 3.52. The highest BCUT2D eigenvalue weighted by molar-refractivity contribution is 8.00. The van der Waals surface area contributed by atoms with Gasteiger partial charge in [-0.25, -0.2) is 4.98 Å². The van der Waals surface area contributed by atoms with Crippen LogP contribution in [0.25, 0.3) is 0 Å². The molecule has 0 fully saturated rings. The summed E-state index contributed by atoms with van der Waals surface area (Å²) in [7, 11) is 0. The molecule has 0 radical (unpaired) electrons. The van der Waals surface area contributed by atoms with E-state index in [0.29, 0.717) is 18.1 Å².